The lowest BCUT2D eigenvalue weighted by molar-refractivity contribution is -0.167. The van der Waals surface area contributed by atoms with E-state index in [-0.39, 0.29) is 31.1 Å². The molecule has 0 saturated heterocycles. The van der Waals surface area contributed by atoms with Gasteiger partial charge in [0.15, 0.2) is 6.10 Å². The van der Waals surface area contributed by atoms with E-state index in [0.717, 1.165) is 69.6 Å². The van der Waals surface area contributed by atoms with Crippen LogP contribution in [0, 0.1) is 11.8 Å². The monoisotopic (exact) mass is 947 g/mol. The molecule has 2 unspecified atom stereocenters. The molecule has 6 heteroatoms. The van der Waals surface area contributed by atoms with Crippen LogP contribution >= 0.6 is 0 Å². The lowest BCUT2D eigenvalue weighted by atomic mass is 9.99. The fourth-order valence-electron chi connectivity index (χ4n) is 9.34. The predicted molar refractivity (Wildman–Crippen MR) is 289 cm³/mol. The van der Waals surface area contributed by atoms with Crippen molar-refractivity contribution in [3.63, 3.8) is 0 Å². The molecule has 398 valence electrons. The van der Waals surface area contributed by atoms with Gasteiger partial charge in [-0.15, -0.1) is 0 Å². The average molecular weight is 948 g/mol. The molecule has 0 aliphatic heterocycles. The van der Waals surface area contributed by atoms with E-state index in [1.165, 1.54) is 231 Å². The number of ether oxygens (including phenoxy) is 3. The van der Waals surface area contributed by atoms with Crippen LogP contribution in [0.5, 0.6) is 0 Å². The van der Waals surface area contributed by atoms with Crippen molar-refractivity contribution < 1.29 is 28.6 Å². The standard InChI is InChI=1S/C61H118O6/c1-6-9-10-11-12-13-14-21-25-31-36-41-46-51-59(62)65-54-58(67-61(64)53-48-43-38-33-28-27-30-35-40-45-50-57(5)8-3)55-66-60(63)52-47-42-37-32-26-23-20-18-16-15-17-19-22-24-29-34-39-44-49-56(4)7-2/h56-58H,6-55H2,1-5H3/t56?,57?,58-/m0/s1. The summed E-state index contributed by atoms with van der Waals surface area (Å²) in [5, 5.41) is 0. The van der Waals surface area contributed by atoms with Gasteiger partial charge in [-0.1, -0.05) is 304 Å². The number of carbonyl (C=O) groups is 3. The van der Waals surface area contributed by atoms with Crippen LogP contribution in [-0.4, -0.2) is 37.2 Å². The first-order valence-electron chi connectivity index (χ1n) is 30.3. The minimum atomic E-state index is -0.763. The third-order valence-corrected chi connectivity index (χ3v) is 14.7. The van der Waals surface area contributed by atoms with Crippen molar-refractivity contribution in [2.45, 2.75) is 349 Å². The van der Waals surface area contributed by atoms with Crippen LogP contribution in [0.4, 0.5) is 0 Å². The molecule has 0 rings (SSSR count). The SMILES string of the molecule is CCCCCCCCCCCCCCCC(=O)OC[C@@H](COC(=O)CCCCCCCCCCCCCCCCCCCCC(C)CC)OC(=O)CCCCCCCCCCCCC(C)CC. The smallest absolute Gasteiger partial charge is 0.306 e. The summed E-state index contributed by atoms with van der Waals surface area (Å²) >= 11 is 0. The molecule has 0 fully saturated rings. The maximum absolute atomic E-state index is 12.8. The van der Waals surface area contributed by atoms with Crippen molar-refractivity contribution in [1.29, 1.82) is 0 Å². The largest absolute Gasteiger partial charge is 0.462 e. The molecular weight excluding hydrogens is 829 g/mol. The normalized spacial score (nSPS) is 12.9. The lowest BCUT2D eigenvalue weighted by Gasteiger charge is -2.18. The molecule has 0 aromatic carbocycles. The minimum Gasteiger partial charge on any atom is -0.462 e. The molecule has 0 bridgehead atoms. The number of rotatable bonds is 55. The van der Waals surface area contributed by atoms with Gasteiger partial charge in [-0.05, 0) is 31.1 Å². The van der Waals surface area contributed by atoms with E-state index in [0.29, 0.717) is 19.3 Å². The second-order valence-corrected chi connectivity index (χ2v) is 21.5. The van der Waals surface area contributed by atoms with Crippen LogP contribution in [0.2, 0.25) is 0 Å². The van der Waals surface area contributed by atoms with Crippen LogP contribution < -0.4 is 0 Å². The van der Waals surface area contributed by atoms with E-state index in [9.17, 15) is 14.4 Å². The topological polar surface area (TPSA) is 78.9 Å². The van der Waals surface area contributed by atoms with Crippen LogP contribution in [0.15, 0.2) is 0 Å². The van der Waals surface area contributed by atoms with Gasteiger partial charge in [0, 0.05) is 19.3 Å². The number of hydrogen-bond acceptors (Lipinski definition) is 6. The van der Waals surface area contributed by atoms with E-state index in [1.807, 2.05) is 0 Å². The summed E-state index contributed by atoms with van der Waals surface area (Å²) in [6, 6.07) is 0. The van der Waals surface area contributed by atoms with Crippen molar-refractivity contribution in [3.8, 4) is 0 Å². The summed E-state index contributed by atoms with van der Waals surface area (Å²) in [6.07, 6.45) is 58.0. The molecule has 0 aromatic rings. The average Bonchev–Trinajstić information content (AvgIpc) is 3.33. The Morgan fingerprint density at radius 2 is 0.522 bits per heavy atom. The molecule has 0 radical (unpaired) electrons. The number of esters is 3. The molecule has 0 aromatic heterocycles. The highest BCUT2D eigenvalue weighted by Gasteiger charge is 2.19. The highest BCUT2D eigenvalue weighted by Crippen LogP contribution is 2.19. The van der Waals surface area contributed by atoms with Gasteiger partial charge in [0.05, 0.1) is 0 Å². The van der Waals surface area contributed by atoms with Crippen LogP contribution in [-0.2, 0) is 28.6 Å². The first kappa shape index (κ1) is 65.4. The van der Waals surface area contributed by atoms with Gasteiger partial charge in [0.25, 0.3) is 0 Å². The Morgan fingerprint density at radius 3 is 0.776 bits per heavy atom. The first-order chi connectivity index (χ1) is 32.8. The van der Waals surface area contributed by atoms with Gasteiger partial charge in [0.2, 0.25) is 0 Å². The van der Waals surface area contributed by atoms with Crippen molar-refractivity contribution in [2.24, 2.45) is 11.8 Å². The molecule has 0 spiro atoms. The van der Waals surface area contributed by atoms with E-state index in [4.69, 9.17) is 14.2 Å². The Bertz CT molecular complexity index is 1030. The maximum Gasteiger partial charge on any atom is 0.306 e. The summed E-state index contributed by atoms with van der Waals surface area (Å²) in [5.74, 6) is 0.940. The van der Waals surface area contributed by atoms with Gasteiger partial charge in [-0.2, -0.15) is 0 Å². The lowest BCUT2D eigenvalue weighted by Crippen LogP contribution is -2.30. The zero-order valence-corrected chi connectivity index (χ0v) is 46.0. The fourth-order valence-corrected chi connectivity index (χ4v) is 9.34. The molecule has 0 aliphatic rings. The molecule has 3 atom stereocenters. The Balaban J connectivity index is 4.23. The molecule has 67 heavy (non-hydrogen) atoms. The van der Waals surface area contributed by atoms with E-state index < -0.39 is 6.10 Å². The van der Waals surface area contributed by atoms with Crippen LogP contribution in [0.25, 0.3) is 0 Å². The summed E-state index contributed by atoms with van der Waals surface area (Å²) in [4.78, 5) is 38.2. The molecule has 0 aliphatic carbocycles. The third kappa shape index (κ3) is 52.1. The zero-order chi connectivity index (χ0) is 48.9. The van der Waals surface area contributed by atoms with Crippen molar-refractivity contribution in [1.82, 2.24) is 0 Å². The molecule has 0 saturated carbocycles. The Kier molecular flexibility index (Phi) is 52.5. The highest BCUT2D eigenvalue weighted by molar-refractivity contribution is 5.71. The molecular formula is C61H118O6. The second-order valence-electron chi connectivity index (χ2n) is 21.5. The van der Waals surface area contributed by atoms with Gasteiger partial charge in [0.1, 0.15) is 13.2 Å². The number of carbonyl (C=O) groups excluding carboxylic acids is 3. The van der Waals surface area contributed by atoms with Crippen LogP contribution in [0.1, 0.15) is 343 Å². The summed E-state index contributed by atoms with van der Waals surface area (Å²) in [6.45, 7) is 11.5. The van der Waals surface area contributed by atoms with Gasteiger partial charge >= 0.3 is 17.9 Å². The summed E-state index contributed by atoms with van der Waals surface area (Å²) in [5.41, 5.74) is 0. The molecule has 0 amide bonds. The van der Waals surface area contributed by atoms with Gasteiger partial charge in [-0.3, -0.25) is 14.4 Å². The Labute approximate surface area is 418 Å². The first-order valence-corrected chi connectivity index (χ1v) is 30.3. The van der Waals surface area contributed by atoms with E-state index >= 15 is 0 Å². The molecule has 0 N–H and O–H groups in total. The minimum absolute atomic E-state index is 0.0625. The van der Waals surface area contributed by atoms with Crippen LogP contribution in [0.3, 0.4) is 0 Å². The van der Waals surface area contributed by atoms with Gasteiger partial charge < -0.3 is 14.2 Å². The quantitative estimate of drug-likeness (QED) is 0.0343. The number of unbranched alkanes of at least 4 members (excludes halogenated alkanes) is 38. The van der Waals surface area contributed by atoms with Crippen molar-refractivity contribution in [3.05, 3.63) is 0 Å². The number of hydrogen-bond donors (Lipinski definition) is 0. The van der Waals surface area contributed by atoms with Gasteiger partial charge in [-0.25, -0.2) is 0 Å². The molecule has 6 nitrogen and oxygen atoms in total. The Morgan fingerprint density at radius 1 is 0.299 bits per heavy atom. The predicted octanol–water partition coefficient (Wildman–Crippen LogP) is 20.0. The van der Waals surface area contributed by atoms with E-state index in [2.05, 4.69) is 34.6 Å². The van der Waals surface area contributed by atoms with Crippen molar-refractivity contribution >= 4 is 17.9 Å². The third-order valence-electron chi connectivity index (χ3n) is 14.7. The van der Waals surface area contributed by atoms with E-state index in [1.54, 1.807) is 0 Å². The Hall–Kier alpha value is -1.59. The fraction of sp³-hybridized carbons (Fsp3) is 0.951. The molecule has 0 heterocycles. The zero-order valence-electron chi connectivity index (χ0n) is 46.0. The summed E-state index contributed by atoms with van der Waals surface area (Å²) < 4.78 is 16.9. The summed E-state index contributed by atoms with van der Waals surface area (Å²) in [7, 11) is 0. The maximum atomic E-state index is 12.8. The highest BCUT2D eigenvalue weighted by atomic mass is 16.6. The van der Waals surface area contributed by atoms with Crippen molar-refractivity contribution in [2.75, 3.05) is 13.2 Å². The second kappa shape index (κ2) is 53.8.